The fourth-order valence-corrected chi connectivity index (χ4v) is 3.82. The number of para-hydroxylation sites is 1. The first-order valence-electron chi connectivity index (χ1n) is 7.41. The van der Waals surface area contributed by atoms with Crippen molar-refractivity contribution < 1.29 is 9.18 Å². The largest absolute Gasteiger partial charge is 0.357 e. The highest BCUT2D eigenvalue weighted by atomic mass is 32.2. The predicted molar refractivity (Wildman–Crippen MR) is 98.1 cm³/mol. The van der Waals surface area contributed by atoms with Gasteiger partial charge in [0.1, 0.15) is 5.82 Å². The summed E-state index contributed by atoms with van der Waals surface area (Å²) in [6.07, 6.45) is 1.73. The van der Waals surface area contributed by atoms with Crippen molar-refractivity contribution in [2.45, 2.75) is 23.4 Å². The molecule has 0 aliphatic heterocycles. The van der Waals surface area contributed by atoms with Crippen LogP contribution in [0.2, 0.25) is 0 Å². The molecule has 2 rings (SSSR count). The Kier molecular flexibility index (Phi) is 6.74. The van der Waals surface area contributed by atoms with Crippen LogP contribution in [0.25, 0.3) is 0 Å². The van der Waals surface area contributed by atoms with Crippen molar-refractivity contribution >= 4 is 39.8 Å². The summed E-state index contributed by atoms with van der Waals surface area (Å²) >= 11 is 2.70. The van der Waals surface area contributed by atoms with Crippen molar-refractivity contribution in [1.82, 2.24) is 10.2 Å². The standard InChI is InChI=1S/C16H19FN4OS2/c1-4-9-18-15-20-21-16(24-15)23-13(10(2)3)14(22)19-12-8-6-5-7-11(12)17/h4-8,10,13H,1,9H2,2-3H3,(H,18,20)(H,19,22). The van der Waals surface area contributed by atoms with Gasteiger partial charge in [0, 0.05) is 6.54 Å². The van der Waals surface area contributed by atoms with Gasteiger partial charge in [-0.3, -0.25) is 4.79 Å². The maximum Gasteiger partial charge on any atom is 0.238 e. The molecule has 0 bridgehead atoms. The molecule has 2 N–H and O–H groups in total. The highest BCUT2D eigenvalue weighted by Gasteiger charge is 2.26. The van der Waals surface area contributed by atoms with E-state index in [1.54, 1.807) is 18.2 Å². The lowest BCUT2D eigenvalue weighted by molar-refractivity contribution is -0.116. The number of hydrogen-bond donors (Lipinski definition) is 2. The van der Waals surface area contributed by atoms with E-state index in [2.05, 4.69) is 27.4 Å². The lowest BCUT2D eigenvalue weighted by Gasteiger charge is -2.18. The van der Waals surface area contributed by atoms with Gasteiger partial charge in [-0.15, -0.1) is 16.8 Å². The lowest BCUT2D eigenvalue weighted by atomic mass is 10.1. The Morgan fingerprint density at radius 3 is 2.83 bits per heavy atom. The molecule has 24 heavy (non-hydrogen) atoms. The molecule has 1 aromatic carbocycles. The van der Waals surface area contributed by atoms with E-state index in [9.17, 15) is 9.18 Å². The Morgan fingerprint density at radius 1 is 1.42 bits per heavy atom. The monoisotopic (exact) mass is 366 g/mol. The first-order chi connectivity index (χ1) is 11.5. The second kappa shape index (κ2) is 8.79. The molecule has 0 fully saturated rings. The smallest absolute Gasteiger partial charge is 0.238 e. The van der Waals surface area contributed by atoms with Gasteiger partial charge in [-0.25, -0.2) is 4.39 Å². The number of hydrogen-bond acceptors (Lipinski definition) is 6. The quantitative estimate of drug-likeness (QED) is 0.545. The van der Waals surface area contributed by atoms with E-state index < -0.39 is 11.1 Å². The fourth-order valence-electron chi connectivity index (χ4n) is 1.86. The maximum atomic E-state index is 13.7. The first kappa shape index (κ1) is 18.4. The molecule has 1 atom stereocenters. The van der Waals surface area contributed by atoms with Crippen LogP contribution >= 0.6 is 23.1 Å². The normalized spacial score (nSPS) is 12.0. The zero-order chi connectivity index (χ0) is 17.5. The number of carbonyl (C=O) groups is 1. The van der Waals surface area contributed by atoms with E-state index in [4.69, 9.17) is 0 Å². The third-order valence-electron chi connectivity index (χ3n) is 3.03. The van der Waals surface area contributed by atoms with Crippen LogP contribution in [0.15, 0.2) is 41.3 Å². The molecular formula is C16H19FN4OS2. The van der Waals surface area contributed by atoms with E-state index in [0.717, 1.165) is 0 Å². The number of halogens is 1. The number of aromatic nitrogens is 2. The summed E-state index contributed by atoms with van der Waals surface area (Å²) in [7, 11) is 0. The Labute approximate surface area is 148 Å². The zero-order valence-electron chi connectivity index (χ0n) is 13.5. The molecule has 2 aromatic rings. The van der Waals surface area contributed by atoms with Crippen LogP contribution < -0.4 is 10.6 Å². The van der Waals surface area contributed by atoms with Gasteiger partial charge in [0.2, 0.25) is 11.0 Å². The van der Waals surface area contributed by atoms with Crippen LogP contribution in [0.5, 0.6) is 0 Å². The fraction of sp³-hybridized carbons (Fsp3) is 0.312. The molecule has 0 aliphatic rings. The van der Waals surface area contributed by atoms with Gasteiger partial charge in [0.15, 0.2) is 4.34 Å². The average molecular weight is 366 g/mol. The Morgan fingerprint density at radius 2 is 2.17 bits per heavy atom. The molecule has 1 unspecified atom stereocenters. The number of benzene rings is 1. The molecule has 1 amide bonds. The molecule has 1 heterocycles. The zero-order valence-corrected chi connectivity index (χ0v) is 15.1. The minimum Gasteiger partial charge on any atom is -0.357 e. The van der Waals surface area contributed by atoms with E-state index in [1.807, 2.05) is 13.8 Å². The van der Waals surface area contributed by atoms with Crippen LogP contribution in [0.4, 0.5) is 15.2 Å². The number of amides is 1. The number of anilines is 2. The lowest BCUT2D eigenvalue weighted by Crippen LogP contribution is -2.29. The molecular weight excluding hydrogens is 347 g/mol. The summed E-state index contributed by atoms with van der Waals surface area (Å²) in [5.41, 5.74) is 0.180. The molecule has 5 nitrogen and oxygen atoms in total. The van der Waals surface area contributed by atoms with Crippen molar-refractivity contribution in [2.24, 2.45) is 5.92 Å². The van der Waals surface area contributed by atoms with Crippen molar-refractivity contribution in [3.05, 3.63) is 42.7 Å². The van der Waals surface area contributed by atoms with Gasteiger partial charge in [0.05, 0.1) is 10.9 Å². The number of thioether (sulfide) groups is 1. The van der Waals surface area contributed by atoms with Crippen molar-refractivity contribution in [3.8, 4) is 0 Å². The highest BCUT2D eigenvalue weighted by molar-refractivity contribution is 8.02. The van der Waals surface area contributed by atoms with Gasteiger partial charge in [0.25, 0.3) is 0 Å². The summed E-state index contributed by atoms with van der Waals surface area (Å²) in [5, 5.41) is 14.1. The predicted octanol–water partition coefficient (Wildman–Crippen LogP) is 4.03. The van der Waals surface area contributed by atoms with Gasteiger partial charge >= 0.3 is 0 Å². The number of carbonyl (C=O) groups excluding carboxylic acids is 1. The summed E-state index contributed by atoms with van der Waals surface area (Å²) in [5.74, 6) is -0.656. The van der Waals surface area contributed by atoms with Gasteiger partial charge in [-0.2, -0.15) is 0 Å². The molecule has 8 heteroatoms. The molecule has 128 valence electrons. The molecule has 0 radical (unpaired) electrons. The second-order valence-electron chi connectivity index (χ2n) is 5.29. The van der Waals surface area contributed by atoms with Gasteiger partial charge in [-0.1, -0.05) is 55.2 Å². The van der Waals surface area contributed by atoms with Crippen LogP contribution in [-0.2, 0) is 4.79 Å². The summed E-state index contributed by atoms with van der Waals surface area (Å²) in [4.78, 5) is 12.5. The van der Waals surface area contributed by atoms with Crippen molar-refractivity contribution in [2.75, 3.05) is 17.2 Å². The molecule has 0 aliphatic carbocycles. The Bertz CT molecular complexity index is 705. The molecule has 0 saturated carbocycles. The second-order valence-corrected chi connectivity index (χ2v) is 7.66. The van der Waals surface area contributed by atoms with Crippen LogP contribution in [0.3, 0.4) is 0 Å². The topological polar surface area (TPSA) is 66.9 Å². The van der Waals surface area contributed by atoms with Crippen molar-refractivity contribution in [3.63, 3.8) is 0 Å². The van der Waals surface area contributed by atoms with E-state index in [1.165, 1.54) is 35.2 Å². The minimum atomic E-state index is -0.454. The van der Waals surface area contributed by atoms with E-state index >= 15 is 0 Å². The maximum absolute atomic E-state index is 13.7. The minimum absolute atomic E-state index is 0.0512. The Hall–Kier alpha value is -1.93. The highest BCUT2D eigenvalue weighted by Crippen LogP contribution is 2.33. The number of nitrogens with one attached hydrogen (secondary N) is 2. The van der Waals surface area contributed by atoms with E-state index in [0.29, 0.717) is 16.0 Å². The first-order valence-corrected chi connectivity index (χ1v) is 9.11. The third kappa shape index (κ3) is 5.04. The van der Waals surface area contributed by atoms with Crippen LogP contribution in [-0.4, -0.2) is 27.9 Å². The van der Waals surface area contributed by atoms with Crippen molar-refractivity contribution in [1.29, 1.82) is 0 Å². The summed E-state index contributed by atoms with van der Waals surface area (Å²) in [6.45, 7) is 8.11. The van der Waals surface area contributed by atoms with E-state index in [-0.39, 0.29) is 17.5 Å². The molecule has 1 aromatic heterocycles. The number of rotatable bonds is 8. The van der Waals surface area contributed by atoms with Crippen LogP contribution in [0.1, 0.15) is 13.8 Å². The van der Waals surface area contributed by atoms with Crippen LogP contribution in [0, 0.1) is 11.7 Å². The Balaban J connectivity index is 2.06. The number of nitrogens with zero attached hydrogens (tertiary/aromatic N) is 2. The van der Waals surface area contributed by atoms with Gasteiger partial charge < -0.3 is 10.6 Å². The third-order valence-corrected chi connectivity index (χ3v) is 5.54. The average Bonchev–Trinajstić information content (AvgIpc) is 3.00. The SMILES string of the molecule is C=CCNc1nnc(SC(C(=O)Nc2ccccc2F)C(C)C)s1. The molecule has 0 spiro atoms. The summed E-state index contributed by atoms with van der Waals surface area (Å²) in [6, 6.07) is 6.12. The van der Waals surface area contributed by atoms with Gasteiger partial charge in [-0.05, 0) is 18.1 Å². The summed E-state index contributed by atoms with van der Waals surface area (Å²) < 4.78 is 14.4. The molecule has 0 saturated heterocycles.